The molecule has 23 heavy (non-hydrogen) atoms. The predicted octanol–water partition coefficient (Wildman–Crippen LogP) is 2.07. The second-order valence-electron chi connectivity index (χ2n) is 5.96. The summed E-state index contributed by atoms with van der Waals surface area (Å²) in [5.41, 5.74) is 0.848. The molecule has 1 aromatic heterocycles. The number of amides is 1. The van der Waals surface area contributed by atoms with Gasteiger partial charge in [0.25, 0.3) is 0 Å². The second-order valence-corrected chi connectivity index (χ2v) is 5.96. The van der Waals surface area contributed by atoms with Gasteiger partial charge in [0.2, 0.25) is 11.8 Å². The van der Waals surface area contributed by atoms with Gasteiger partial charge in [0.05, 0.1) is 18.8 Å². The minimum atomic E-state index is -0.509. The number of nitrogens with one attached hydrogen (secondary N) is 1. The topological polar surface area (TPSA) is 69.7 Å². The third-order valence-corrected chi connectivity index (χ3v) is 3.58. The van der Waals surface area contributed by atoms with Crippen molar-refractivity contribution in [3.8, 4) is 5.88 Å². The number of pyridine rings is 1. The summed E-state index contributed by atoms with van der Waals surface area (Å²) in [6.45, 7) is 7.24. The summed E-state index contributed by atoms with van der Waals surface area (Å²) in [7, 11) is 0. The molecule has 0 unspecified atom stereocenters. The molecule has 2 rings (SSSR count). The lowest BCUT2D eigenvalue weighted by molar-refractivity contribution is -0.133. The van der Waals surface area contributed by atoms with E-state index in [1.54, 1.807) is 13.1 Å². The largest absolute Gasteiger partial charge is 0.475 e. The lowest BCUT2D eigenvalue weighted by Crippen LogP contribution is -2.35. The average Bonchev–Trinajstić information content (AvgIpc) is 3.04. The maximum absolute atomic E-state index is 12.1. The van der Waals surface area contributed by atoms with Gasteiger partial charge < -0.3 is 19.5 Å². The number of rotatable bonds is 8. The first-order valence-corrected chi connectivity index (χ1v) is 8.17. The van der Waals surface area contributed by atoms with Crippen LogP contribution in [0.15, 0.2) is 18.3 Å². The van der Waals surface area contributed by atoms with Crippen molar-refractivity contribution in [2.24, 2.45) is 0 Å². The van der Waals surface area contributed by atoms with Crippen LogP contribution in [0, 0.1) is 0 Å². The Kier molecular flexibility index (Phi) is 6.80. The van der Waals surface area contributed by atoms with Crippen molar-refractivity contribution in [1.82, 2.24) is 10.3 Å². The summed E-state index contributed by atoms with van der Waals surface area (Å²) in [6, 6.07) is 3.72. The van der Waals surface area contributed by atoms with E-state index in [1.807, 2.05) is 26.0 Å². The fourth-order valence-corrected chi connectivity index (χ4v) is 2.32. The number of hydrogen-bond acceptors (Lipinski definition) is 5. The molecule has 128 valence electrons. The van der Waals surface area contributed by atoms with Crippen molar-refractivity contribution < 1.29 is 19.0 Å². The van der Waals surface area contributed by atoms with Gasteiger partial charge in [0.1, 0.15) is 6.10 Å². The molecule has 1 aromatic rings. The minimum absolute atomic E-state index is 0.0352. The van der Waals surface area contributed by atoms with Gasteiger partial charge in [-0.25, -0.2) is 4.98 Å². The Bertz CT molecular complexity index is 501. The molecule has 2 atom stereocenters. The Morgan fingerprint density at radius 1 is 1.48 bits per heavy atom. The summed E-state index contributed by atoms with van der Waals surface area (Å²) < 4.78 is 16.7. The Labute approximate surface area is 137 Å². The standard InChI is InChI=1S/C17H26N2O4/c1-12(2)23-17-14(6-4-8-18-17)10-19-16(20)13(3)22-11-15-7-5-9-21-15/h4,6,8,12-13,15H,5,7,9-11H2,1-3H3,(H,19,20)/t13-,15-/m1/s1. The lowest BCUT2D eigenvalue weighted by atomic mass is 10.2. The van der Waals surface area contributed by atoms with Gasteiger partial charge in [-0.2, -0.15) is 0 Å². The van der Waals surface area contributed by atoms with E-state index in [0.717, 1.165) is 25.0 Å². The van der Waals surface area contributed by atoms with Crippen LogP contribution in [0.4, 0.5) is 0 Å². The van der Waals surface area contributed by atoms with Crippen LogP contribution in [0.5, 0.6) is 5.88 Å². The first-order chi connectivity index (χ1) is 11.1. The number of nitrogens with zero attached hydrogens (tertiary/aromatic N) is 1. The minimum Gasteiger partial charge on any atom is -0.475 e. The van der Waals surface area contributed by atoms with Crippen molar-refractivity contribution in [2.75, 3.05) is 13.2 Å². The molecule has 1 aliphatic heterocycles. The molecule has 1 aliphatic rings. The Balaban J connectivity index is 1.79. The number of carbonyl (C=O) groups excluding carboxylic acids is 1. The monoisotopic (exact) mass is 322 g/mol. The van der Waals surface area contributed by atoms with Crippen molar-refractivity contribution in [2.45, 2.75) is 58.5 Å². The van der Waals surface area contributed by atoms with Crippen LogP contribution in [-0.2, 0) is 20.8 Å². The first-order valence-electron chi connectivity index (χ1n) is 8.17. The van der Waals surface area contributed by atoms with Gasteiger partial charge in [-0.1, -0.05) is 6.07 Å². The molecule has 0 aliphatic carbocycles. The molecule has 1 saturated heterocycles. The highest BCUT2D eigenvalue weighted by molar-refractivity contribution is 5.80. The van der Waals surface area contributed by atoms with Crippen LogP contribution in [0.25, 0.3) is 0 Å². The Morgan fingerprint density at radius 3 is 3.00 bits per heavy atom. The summed E-state index contributed by atoms with van der Waals surface area (Å²) in [5, 5.41) is 2.86. The number of hydrogen-bond donors (Lipinski definition) is 1. The van der Waals surface area contributed by atoms with E-state index in [-0.39, 0.29) is 18.1 Å². The molecule has 1 N–H and O–H groups in total. The highest BCUT2D eigenvalue weighted by Crippen LogP contribution is 2.16. The smallest absolute Gasteiger partial charge is 0.249 e. The average molecular weight is 322 g/mol. The van der Waals surface area contributed by atoms with E-state index in [4.69, 9.17) is 14.2 Å². The molecule has 0 saturated carbocycles. The predicted molar refractivity (Wildman–Crippen MR) is 86.2 cm³/mol. The quantitative estimate of drug-likeness (QED) is 0.793. The molecule has 6 nitrogen and oxygen atoms in total. The third-order valence-electron chi connectivity index (χ3n) is 3.58. The normalized spacial score (nSPS) is 18.9. The van der Waals surface area contributed by atoms with Gasteiger partial charge in [0.15, 0.2) is 0 Å². The SMILES string of the molecule is CC(C)Oc1ncccc1CNC(=O)[C@@H](C)OC[C@H]1CCCO1. The highest BCUT2D eigenvalue weighted by Gasteiger charge is 2.20. The van der Waals surface area contributed by atoms with Crippen molar-refractivity contribution >= 4 is 5.91 Å². The van der Waals surface area contributed by atoms with E-state index in [1.165, 1.54) is 0 Å². The molecule has 6 heteroatoms. The molecule has 0 radical (unpaired) electrons. The number of carbonyl (C=O) groups is 1. The van der Waals surface area contributed by atoms with E-state index >= 15 is 0 Å². The maximum Gasteiger partial charge on any atom is 0.249 e. The zero-order valence-electron chi connectivity index (χ0n) is 14.1. The molecule has 1 fully saturated rings. The van der Waals surface area contributed by atoms with Crippen LogP contribution in [0.1, 0.15) is 39.2 Å². The van der Waals surface area contributed by atoms with Gasteiger partial charge in [-0.05, 0) is 39.7 Å². The summed E-state index contributed by atoms with van der Waals surface area (Å²) in [6.07, 6.45) is 3.39. The van der Waals surface area contributed by atoms with Gasteiger partial charge in [-0.15, -0.1) is 0 Å². The second kappa shape index (κ2) is 8.84. The van der Waals surface area contributed by atoms with Crippen molar-refractivity contribution in [1.29, 1.82) is 0 Å². The van der Waals surface area contributed by atoms with Crippen LogP contribution >= 0.6 is 0 Å². The van der Waals surface area contributed by atoms with Crippen LogP contribution in [0.2, 0.25) is 0 Å². The lowest BCUT2D eigenvalue weighted by Gasteiger charge is -2.17. The Morgan fingerprint density at radius 2 is 2.30 bits per heavy atom. The zero-order valence-corrected chi connectivity index (χ0v) is 14.1. The maximum atomic E-state index is 12.1. The van der Waals surface area contributed by atoms with Crippen molar-refractivity contribution in [3.63, 3.8) is 0 Å². The Hall–Kier alpha value is -1.66. The zero-order chi connectivity index (χ0) is 16.7. The van der Waals surface area contributed by atoms with Gasteiger partial charge in [0, 0.05) is 24.9 Å². The molecule has 0 aromatic carbocycles. The molecule has 1 amide bonds. The summed E-state index contributed by atoms with van der Waals surface area (Å²) in [4.78, 5) is 16.3. The van der Waals surface area contributed by atoms with Crippen LogP contribution in [-0.4, -0.2) is 42.4 Å². The first kappa shape index (κ1) is 17.7. The van der Waals surface area contributed by atoms with E-state index < -0.39 is 6.10 Å². The van der Waals surface area contributed by atoms with Crippen LogP contribution in [0.3, 0.4) is 0 Å². The van der Waals surface area contributed by atoms with Crippen molar-refractivity contribution in [3.05, 3.63) is 23.9 Å². The van der Waals surface area contributed by atoms with E-state index in [0.29, 0.717) is 19.0 Å². The molecule has 0 spiro atoms. The number of ether oxygens (including phenoxy) is 3. The van der Waals surface area contributed by atoms with Gasteiger partial charge in [-0.3, -0.25) is 4.79 Å². The summed E-state index contributed by atoms with van der Waals surface area (Å²) >= 11 is 0. The third kappa shape index (κ3) is 5.80. The van der Waals surface area contributed by atoms with E-state index in [9.17, 15) is 4.79 Å². The summed E-state index contributed by atoms with van der Waals surface area (Å²) in [5.74, 6) is 0.401. The molecule has 2 heterocycles. The molecular weight excluding hydrogens is 296 g/mol. The fourth-order valence-electron chi connectivity index (χ4n) is 2.32. The highest BCUT2D eigenvalue weighted by atomic mass is 16.5. The fraction of sp³-hybridized carbons (Fsp3) is 0.647. The number of aromatic nitrogens is 1. The molecule has 0 bridgehead atoms. The molecular formula is C17H26N2O4. The van der Waals surface area contributed by atoms with Crippen LogP contribution < -0.4 is 10.1 Å². The van der Waals surface area contributed by atoms with Gasteiger partial charge >= 0.3 is 0 Å². The van der Waals surface area contributed by atoms with E-state index in [2.05, 4.69) is 10.3 Å².